The molecule has 0 spiro atoms. The van der Waals surface area contributed by atoms with Crippen molar-refractivity contribution >= 4 is 5.97 Å². The molecule has 0 aliphatic carbocycles. The number of aromatic carboxylic acids is 1. The molecule has 64 valence electrons. The molecule has 0 bridgehead atoms. The average molecular weight is 166 g/mol. The lowest BCUT2D eigenvalue weighted by atomic mass is 10.3. The first-order chi connectivity index (χ1) is 5.75. The van der Waals surface area contributed by atoms with Crippen molar-refractivity contribution in [3.63, 3.8) is 0 Å². The molecule has 0 aromatic carbocycles. The fraction of sp³-hybridized carbons (Fsp3) is 0.250. The van der Waals surface area contributed by atoms with Crippen LogP contribution in [-0.4, -0.2) is 17.6 Å². The molecule has 0 fully saturated rings. The van der Waals surface area contributed by atoms with Gasteiger partial charge in [0.15, 0.2) is 0 Å². The first kappa shape index (κ1) is 8.52. The second-order valence-electron chi connectivity index (χ2n) is 2.08. The van der Waals surface area contributed by atoms with Gasteiger partial charge in [0.2, 0.25) is 5.88 Å². The first-order valence-corrected chi connectivity index (χ1v) is 3.55. The number of nitrogens with zero attached hydrogens (tertiary/aromatic N) is 1. The van der Waals surface area contributed by atoms with Crippen molar-refractivity contribution in [2.24, 2.45) is 0 Å². The van der Waals surface area contributed by atoms with E-state index < -0.39 is 5.97 Å². The summed E-state index contributed by atoms with van der Waals surface area (Å²) < 4.78 is 4.97. The molecule has 0 unspecified atom stereocenters. The highest BCUT2D eigenvalue weighted by molar-refractivity contribution is 5.88. The molecular weight excluding hydrogens is 158 g/mol. The summed E-state index contributed by atoms with van der Waals surface area (Å²) in [7, 11) is 0. The summed E-state index contributed by atoms with van der Waals surface area (Å²) in [5.41, 5.74) is -0.0145. The van der Waals surface area contributed by atoms with Crippen molar-refractivity contribution in [2.75, 3.05) is 6.61 Å². The van der Waals surface area contributed by atoms with Crippen LogP contribution in [0.2, 0.25) is 0 Å². The maximum atomic E-state index is 10.5. The Kier molecular flexibility index (Phi) is 2.63. The first-order valence-electron chi connectivity index (χ1n) is 3.55. The van der Waals surface area contributed by atoms with Crippen molar-refractivity contribution in [1.29, 1.82) is 0 Å². The van der Waals surface area contributed by atoms with E-state index in [0.717, 1.165) is 0 Å². The topological polar surface area (TPSA) is 62.2 Å². The Morgan fingerprint density at radius 2 is 2.50 bits per heavy atom. The van der Waals surface area contributed by atoms with Crippen LogP contribution >= 0.6 is 0 Å². The van der Waals surface area contributed by atoms with Gasteiger partial charge in [0.1, 0.15) is 0 Å². The van der Waals surface area contributed by atoms with Gasteiger partial charge < -0.3 is 14.6 Å². The number of carboxylic acid groups (broad SMARTS) is 1. The third-order valence-corrected chi connectivity index (χ3v) is 1.27. The van der Waals surface area contributed by atoms with Gasteiger partial charge in [-0.25, -0.2) is 4.98 Å². The number of carboxylic acids is 1. The van der Waals surface area contributed by atoms with Crippen molar-refractivity contribution in [1.82, 2.24) is 4.98 Å². The molecule has 4 heteroatoms. The van der Waals surface area contributed by atoms with E-state index in [9.17, 15) is 9.90 Å². The number of aromatic nitrogens is 1. The molecule has 0 aliphatic heterocycles. The zero-order valence-corrected chi connectivity index (χ0v) is 6.61. The number of hydrogen-bond donors (Lipinski definition) is 0. The summed E-state index contributed by atoms with van der Waals surface area (Å²) >= 11 is 0. The van der Waals surface area contributed by atoms with Gasteiger partial charge in [-0.05, 0) is 19.1 Å². The standard InChI is InChI=1S/C8H9NO3/c1-2-12-7-6(8(10)11)4-3-5-9-7/h3-5H,2H2,1H3,(H,10,11)/p-1. The molecule has 0 aliphatic rings. The summed E-state index contributed by atoms with van der Waals surface area (Å²) in [5.74, 6) is -1.16. The van der Waals surface area contributed by atoms with Gasteiger partial charge in [-0.1, -0.05) is 0 Å². The summed E-state index contributed by atoms with van der Waals surface area (Å²) in [6.07, 6.45) is 1.47. The van der Waals surface area contributed by atoms with Crippen LogP contribution in [0.1, 0.15) is 17.3 Å². The summed E-state index contributed by atoms with van der Waals surface area (Å²) in [5, 5.41) is 10.5. The van der Waals surface area contributed by atoms with E-state index in [1.165, 1.54) is 18.3 Å². The summed E-state index contributed by atoms with van der Waals surface area (Å²) in [6, 6.07) is 2.92. The van der Waals surface area contributed by atoms with E-state index in [-0.39, 0.29) is 11.4 Å². The van der Waals surface area contributed by atoms with Crippen LogP contribution in [0.15, 0.2) is 18.3 Å². The Labute approximate surface area is 69.8 Å². The Hall–Kier alpha value is -1.58. The van der Waals surface area contributed by atoms with E-state index in [1.807, 2.05) is 0 Å². The minimum atomic E-state index is -1.27. The monoisotopic (exact) mass is 166 g/mol. The third-order valence-electron chi connectivity index (χ3n) is 1.27. The van der Waals surface area contributed by atoms with E-state index in [1.54, 1.807) is 6.92 Å². The van der Waals surface area contributed by atoms with Crippen LogP contribution in [0.4, 0.5) is 0 Å². The smallest absolute Gasteiger partial charge is 0.222 e. The minimum absolute atomic E-state index is 0.0145. The Bertz CT molecular complexity index is 285. The predicted molar refractivity (Wildman–Crippen MR) is 39.7 cm³/mol. The van der Waals surface area contributed by atoms with Gasteiger partial charge in [0, 0.05) is 6.20 Å². The minimum Gasteiger partial charge on any atom is -0.545 e. The van der Waals surface area contributed by atoms with E-state index in [4.69, 9.17) is 4.74 Å². The average Bonchev–Trinajstić information content (AvgIpc) is 2.05. The SMILES string of the molecule is CCOc1ncccc1C(=O)[O-]. The zero-order chi connectivity index (χ0) is 8.97. The number of hydrogen-bond acceptors (Lipinski definition) is 4. The Morgan fingerprint density at radius 3 is 3.08 bits per heavy atom. The maximum absolute atomic E-state index is 10.5. The summed E-state index contributed by atoms with van der Waals surface area (Å²) in [4.78, 5) is 14.2. The second-order valence-corrected chi connectivity index (χ2v) is 2.08. The zero-order valence-electron chi connectivity index (χ0n) is 6.61. The van der Waals surface area contributed by atoms with Gasteiger partial charge >= 0.3 is 0 Å². The molecule has 0 amide bonds. The van der Waals surface area contributed by atoms with Crippen LogP contribution < -0.4 is 9.84 Å². The van der Waals surface area contributed by atoms with E-state index >= 15 is 0 Å². The molecule has 1 rings (SSSR count). The molecule has 1 heterocycles. The Morgan fingerprint density at radius 1 is 1.75 bits per heavy atom. The molecule has 12 heavy (non-hydrogen) atoms. The Balaban J connectivity index is 3.00. The molecular formula is C8H8NO3-. The molecule has 0 radical (unpaired) electrons. The maximum Gasteiger partial charge on any atom is 0.222 e. The number of rotatable bonds is 3. The molecule has 0 N–H and O–H groups in total. The third kappa shape index (κ3) is 1.72. The molecule has 0 atom stereocenters. The lowest BCUT2D eigenvalue weighted by Crippen LogP contribution is -2.23. The lowest BCUT2D eigenvalue weighted by molar-refractivity contribution is -0.255. The van der Waals surface area contributed by atoms with Gasteiger partial charge in [0.05, 0.1) is 18.1 Å². The van der Waals surface area contributed by atoms with Crippen LogP contribution in [0, 0.1) is 0 Å². The fourth-order valence-corrected chi connectivity index (χ4v) is 0.798. The highest BCUT2D eigenvalue weighted by atomic mass is 16.5. The van der Waals surface area contributed by atoms with Crippen molar-refractivity contribution in [3.8, 4) is 5.88 Å². The number of pyridine rings is 1. The van der Waals surface area contributed by atoms with E-state index in [2.05, 4.69) is 4.98 Å². The van der Waals surface area contributed by atoms with Gasteiger partial charge in [0.25, 0.3) is 0 Å². The second kappa shape index (κ2) is 3.71. The number of carbonyl (C=O) groups excluding carboxylic acids is 1. The fourth-order valence-electron chi connectivity index (χ4n) is 0.798. The van der Waals surface area contributed by atoms with Crippen LogP contribution in [0.3, 0.4) is 0 Å². The molecule has 0 saturated heterocycles. The van der Waals surface area contributed by atoms with Gasteiger partial charge in [-0.15, -0.1) is 0 Å². The molecule has 0 saturated carbocycles. The van der Waals surface area contributed by atoms with Gasteiger partial charge in [-0.2, -0.15) is 0 Å². The molecule has 1 aromatic heterocycles. The molecule has 1 aromatic rings. The normalized spacial score (nSPS) is 9.42. The summed E-state index contributed by atoms with van der Waals surface area (Å²) in [6.45, 7) is 2.14. The van der Waals surface area contributed by atoms with Gasteiger partial charge in [-0.3, -0.25) is 0 Å². The highest BCUT2D eigenvalue weighted by Gasteiger charge is 2.03. The van der Waals surface area contributed by atoms with Crippen molar-refractivity contribution < 1.29 is 14.6 Å². The number of carbonyl (C=O) groups is 1. The quantitative estimate of drug-likeness (QED) is 0.626. The van der Waals surface area contributed by atoms with Crippen molar-refractivity contribution in [3.05, 3.63) is 23.9 Å². The van der Waals surface area contributed by atoms with Crippen LogP contribution in [0.25, 0.3) is 0 Å². The number of ether oxygens (including phenoxy) is 1. The lowest BCUT2D eigenvalue weighted by Gasteiger charge is -2.07. The molecule has 4 nitrogen and oxygen atoms in total. The van der Waals surface area contributed by atoms with E-state index in [0.29, 0.717) is 6.61 Å². The predicted octanol–water partition coefficient (Wildman–Crippen LogP) is -0.156. The van der Waals surface area contributed by atoms with Crippen molar-refractivity contribution in [2.45, 2.75) is 6.92 Å². The largest absolute Gasteiger partial charge is 0.545 e. The van der Waals surface area contributed by atoms with Crippen LogP contribution in [-0.2, 0) is 0 Å². The van der Waals surface area contributed by atoms with Crippen LogP contribution in [0.5, 0.6) is 5.88 Å². The highest BCUT2D eigenvalue weighted by Crippen LogP contribution is 2.12.